The molecule has 0 spiro atoms. The second-order valence-electron chi connectivity index (χ2n) is 4.53. The van der Waals surface area contributed by atoms with Gasteiger partial charge in [0.1, 0.15) is 0 Å². The van der Waals surface area contributed by atoms with E-state index in [4.69, 9.17) is 0 Å². The van der Waals surface area contributed by atoms with Gasteiger partial charge in [-0.2, -0.15) is 0 Å². The number of hydrogen-bond acceptors (Lipinski definition) is 3. The average molecular weight is 220 g/mol. The highest BCUT2D eigenvalue weighted by Gasteiger charge is 2.32. The van der Waals surface area contributed by atoms with Gasteiger partial charge in [0.25, 0.3) is 0 Å². The summed E-state index contributed by atoms with van der Waals surface area (Å²) in [6.45, 7) is 8.23. The maximum Gasteiger partial charge on any atom is 0.209 e. The summed E-state index contributed by atoms with van der Waals surface area (Å²) in [6.07, 6.45) is 1.21. The zero-order valence-electron chi connectivity index (χ0n) is 9.32. The normalized spacial score (nSPS) is 22.4. The van der Waals surface area contributed by atoms with Crippen LogP contribution in [0.25, 0.3) is 0 Å². The van der Waals surface area contributed by atoms with Gasteiger partial charge in [-0.25, -0.2) is 13.1 Å². The maximum atomic E-state index is 10.9. The van der Waals surface area contributed by atoms with Crippen LogP contribution in [-0.2, 0) is 10.0 Å². The van der Waals surface area contributed by atoms with Crippen LogP contribution in [0.3, 0.4) is 0 Å². The van der Waals surface area contributed by atoms with Gasteiger partial charge in [0.05, 0.1) is 6.26 Å². The summed E-state index contributed by atoms with van der Waals surface area (Å²) in [6, 6.07) is 0.652. The van der Waals surface area contributed by atoms with Gasteiger partial charge in [-0.1, -0.05) is 13.8 Å². The van der Waals surface area contributed by atoms with Gasteiger partial charge in [0.15, 0.2) is 0 Å². The van der Waals surface area contributed by atoms with Crippen LogP contribution in [0.15, 0.2) is 0 Å². The van der Waals surface area contributed by atoms with Crippen LogP contribution >= 0.6 is 0 Å². The van der Waals surface area contributed by atoms with Crippen LogP contribution in [0.1, 0.15) is 20.8 Å². The summed E-state index contributed by atoms with van der Waals surface area (Å²) in [5.41, 5.74) is 0. The first-order chi connectivity index (χ1) is 6.29. The van der Waals surface area contributed by atoms with Crippen molar-refractivity contribution in [2.24, 2.45) is 5.92 Å². The molecule has 0 aromatic carbocycles. The Morgan fingerprint density at radius 1 is 1.29 bits per heavy atom. The molecule has 1 unspecified atom stereocenters. The molecular formula is C9H20N2O2S. The summed E-state index contributed by atoms with van der Waals surface area (Å²) in [7, 11) is -3.03. The highest BCUT2D eigenvalue weighted by Crippen LogP contribution is 2.17. The first-order valence-electron chi connectivity index (χ1n) is 5.01. The lowest BCUT2D eigenvalue weighted by atomic mass is 9.99. The first-order valence-corrected chi connectivity index (χ1v) is 6.90. The van der Waals surface area contributed by atoms with Crippen molar-refractivity contribution in [1.82, 2.24) is 9.62 Å². The van der Waals surface area contributed by atoms with Crippen LogP contribution in [0, 0.1) is 5.92 Å². The molecule has 0 radical (unpaired) electrons. The van der Waals surface area contributed by atoms with E-state index >= 15 is 0 Å². The second kappa shape index (κ2) is 4.16. The third-order valence-electron chi connectivity index (χ3n) is 2.83. The van der Waals surface area contributed by atoms with Crippen molar-refractivity contribution in [3.05, 3.63) is 0 Å². The highest BCUT2D eigenvalue weighted by molar-refractivity contribution is 7.88. The van der Waals surface area contributed by atoms with Gasteiger partial charge >= 0.3 is 0 Å². The number of hydrogen-bond donors (Lipinski definition) is 1. The zero-order chi connectivity index (χ0) is 10.9. The van der Waals surface area contributed by atoms with Crippen LogP contribution in [0.5, 0.6) is 0 Å². The first kappa shape index (κ1) is 11.9. The molecular weight excluding hydrogens is 200 g/mol. The van der Waals surface area contributed by atoms with Crippen molar-refractivity contribution in [1.29, 1.82) is 0 Å². The number of rotatable bonds is 4. The quantitative estimate of drug-likeness (QED) is 0.739. The molecule has 0 amide bonds. The molecule has 0 saturated carbocycles. The minimum absolute atomic E-state index is 0.117. The van der Waals surface area contributed by atoms with Crippen LogP contribution in [-0.4, -0.2) is 44.7 Å². The summed E-state index contributed by atoms with van der Waals surface area (Å²) < 4.78 is 24.4. The molecule has 4 nitrogen and oxygen atoms in total. The van der Waals surface area contributed by atoms with Crippen molar-refractivity contribution in [3.8, 4) is 0 Å². The van der Waals surface area contributed by atoms with E-state index in [0.29, 0.717) is 12.0 Å². The van der Waals surface area contributed by atoms with E-state index in [1.54, 1.807) is 0 Å². The summed E-state index contributed by atoms with van der Waals surface area (Å²) in [4.78, 5) is 2.30. The second-order valence-corrected chi connectivity index (χ2v) is 6.31. The van der Waals surface area contributed by atoms with Gasteiger partial charge in [-0.15, -0.1) is 0 Å². The molecule has 1 saturated heterocycles. The molecule has 1 heterocycles. The maximum absolute atomic E-state index is 10.9. The van der Waals surface area contributed by atoms with Gasteiger partial charge in [-0.3, -0.25) is 4.90 Å². The monoisotopic (exact) mass is 220 g/mol. The highest BCUT2D eigenvalue weighted by atomic mass is 32.2. The van der Waals surface area contributed by atoms with Crippen LogP contribution in [0.4, 0.5) is 0 Å². The van der Waals surface area contributed by atoms with Crippen LogP contribution in [0.2, 0.25) is 0 Å². The summed E-state index contributed by atoms with van der Waals surface area (Å²) >= 11 is 0. The Morgan fingerprint density at radius 3 is 2.14 bits per heavy atom. The van der Waals surface area contributed by atoms with Crippen LogP contribution < -0.4 is 4.72 Å². The molecule has 1 rings (SSSR count). The Labute approximate surface area is 86.7 Å². The summed E-state index contributed by atoms with van der Waals surface area (Å²) in [5, 5.41) is 0. The molecule has 84 valence electrons. The molecule has 0 aliphatic carbocycles. The minimum Gasteiger partial charge on any atom is -0.297 e. The fourth-order valence-corrected chi connectivity index (χ4v) is 2.40. The zero-order valence-corrected chi connectivity index (χ0v) is 10.1. The third-order valence-corrected chi connectivity index (χ3v) is 3.59. The Bertz CT molecular complexity index is 281. The molecule has 1 fully saturated rings. The smallest absolute Gasteiger partial charge is 0.209 e. The Kier molecular flexibility index (Phi) is 3.55. The minimum atomic E-state index is -3.03. The Morgan fingerprint density at radius 2 is 1.79 bits per heavy atom. The van der Waals surface area contributed by atoms with E-state index in [1.165, 1.54) is 6.26 Å². The van der Waals surface area contributed by atoms with Gasteiger partial charge in [-0.05, 0) is 12.8 Å². The van der Waals surface area contributed by atoms with E-state index in [2.05, 4.69) is 30.4 Å². The molecule has 1 N–H and O–H groups in total. The Balaban J connectivity index is 2.31. The molecule has 14 heavy (non-hydrogen) atoms. The van der Waals surface area contributed by atoms with Crippen molar-refractivity contribution < 1.29 is 8.42 Å². The van der Waals surface area contributed by atoms with E-state index in [9.17, 15) is 8.42 Å². The van der Waals surface area contributed by atoms with E-state index < -0.39 is 10.0 Å². The standard InChI is InChI=1S/C9H20N2O2S/c1-7(2)8(3)11-5-9(6-11)10-14(4,12)13/h7-10H,5-6H2,1-4H3. The molecule has 0 aromatic rings. The molecule has 5 heteroatoms. The topological polar surface area (TPSA) is 49.4 Å². The van der Waals surface area contributed by atoms with E-state index in [1.807, 2.05) is 0 Å². The van der Waals surface area contributed by atoms with Crippen molar-refractivity contribution in [2.45, 2.75) is 32.9 Å². The fourth-order valence-electron chi connectivity index (χ4n) is 1.64. The lowest BCUT2D eigenvalue weighted by molar-refractivity contribution is 0.0716. The molecule has 1 aliphatic heterocycles. The van der Waals surface area contributed by atoms with Gasteiger partial charge < -0.3 is 0 Å². The Hall–Kier alpha value is -0.130. The number of sulfonamides is 1. The van der Waals surface area contributed by atoms with Crippen molar-refractivity contribution in [3.63, 3.8) is 0 Å². The third kappa shape index (κ3) is 3.22. The fraction of sp³-hybridized carbons (Fsp3) is 1.00. The number of nitrogens with zero attached hydrogens (tertiary/aromatic N) is 1. The van der Waals surface area contributed by atoms with Gasteiger partial charge in [0.2, 0.25) is 10.0 Å². The lowest BCUT2D eigenvalue weighted by Gasteiger charge is -2.44. The number of nitrogens with one attached hydrogen (secondary N) is 1. The predicted molar refractivity (Wildman–Crippen MR) is 57.6 cm³/mol. The average Bonchev–Trinajstić information content (AvgIpc) is 1.92. The largest absolute Gasteiger partial charge is 0.297 e. The van der Waals surface area contributed by atoms with Crippen molar-refractivity contribution in [2.75, 3.05) is 19.3 Å². The lowest BCUT2D eigenvalue weighted by Crippen LogP contribution is -2.62. The van der Waals surface area contributed by atoms with E-state index in [-0.39, 0.29) is 6.04 Å². The molecule has 0 bridgehead atoms. The molecule has 0 aromatic heterocycles. The predicted octanol–water partition coefficient (Wildman–Crippen LogP) is 0.264. The number of likely N-dealkylation sites (tertiary alicyclic amines) is 1. The SMILES string of the molecule is CC(C)C(C)N1CC(NS(C)(=O)=O)C1. The van der Waals surface area contributed by atoms with Crippen molar-refractivity contribution >= 4 is 10.0 Å². The molecule has 1 atom stereocenters. The molecule has 1 aliphatic rings. The van der Waals surface area contributed by atoms with E-state index in [0.717, 1.165) is 13.1 Å². The van der Waals surface area contributed by atoms with Gasteiger partial charge in [0, 0.05) is 25.2 Å². The summed E-state index contributed by atoms with van der Waals surface area (Å²) in [5.74, 6) is 0.620.